The Hall–Kier alpha value is -4.16. The number of fused-ring (bicyclic) bond motifs is 1. The van der Waals surface area contributed by atoms with Crippen LogP contribution in [-0.4, -0.2) is 26.2 Å². The summed E-state index contributed by atoms with van der Waals surface area (Å²) in [4.78, 5) is 23.1. The molecule has 0 aliphatic heterocycles. The van der Waals surface area contributed by atoms with Crippen molar-refractivity contribution in [3.05, 3.63) is 110 Å². The summed E-state index contributed by atoms with van der Waals surface area (Å²) in [5.74, 6) is 1.23. The third-order valence-electron chi connectivity index (χ3n) is 6.38. The fourth-order valence-electron chi connectivity index (χ4n) is 4.63. The molecule has 0 saturated carbocycles. The summed E-state index contributed by atoms with van der Waals surface area (Å²) >= 11 is 6.54. The van der Waals surface area contributed by atoms with Crippen molar-refractivity contribution in [2.45, 2.75) is 27.7 Å². The molecule has 2 aromatic heterocycles. The van der Waals surface area contributed by atoms with Crippen LogP contribution in [0, 0.1) is 27.7 Å². The summed E-state index contributed by atoms with van der Waals surface area (Å²) < 4.78 is 9.25. The standard InChI is InChI=1S/C30H27ClN4O2/c1-18-13-23(31)28-24(14-18)33-27(35(30(28)36)29-19(2)7-6-8-20(29)3)12-10-22-9-11-25(26(15-22)37-5)34-16-21(4)32-17-34/h6-17H,1-5H3/b12-10+. The molecule has 0 aliphatic rings. The molecule has 5 rings (SSSR count). The largest absolute Gasteiger partial charge is 0.495 e. The third kappa shape index (κ3) is 4.56. The van der Waals surface area contributed by atoms with Crippen molar-refractivity contribution in [2.75, 3.05) is 7.11 Å². The summed E-state index contributed by atoms with van der Waals surface area (Å²) in [6.45, 7) is 7.87. The Kier molecular flexibility index (Phi) is 6.44. The number of halogens is 1. The van der Waals surface area contributed by atoms with E-state index in [0.29, 0.717) is 27.5 Å². The number of ether oxygens (including phenoxy) is 1. The number of aromatic nitrogens is 4. The number of imidazole rings is 1. The van der Waals surface area contributed by atoms with Gasteiger partial charge in [-0.15, -0.1) is 0 Å². The van der Waals surface area contributed by atoms with Crippen molar-refractivity contribution >= 4 is 34.7 Å². The van der Waals surface area contributed by atoms with E-state index in [1.165, 1.54) is 0 Å². The average Bonchev–Trinajstić information content (AvgIpc) is 3.29. The lowest BCUT2D eigenvalue weighted by molar-refractivity contribution is 0.413. The number of hydrogen-bond acceptors (Lipinski definition) is 4. The highest BCUT2D eigenvalue weighted by atomic mass is 35.5. The van der Waals surface area contributed by atoms with Gasteiger partial charge in [-0.25, -0.2) is 9.97 Å². The molecule has 0 N–H and O–H groups in total. The summed E-state index contributed by atoms with van der Waals surface area (Å²) in [5.41, 5.74) is 6.79. The molecular weight excluding hydrogens is 484 g/mol. The van der Waals surface area contributed by atoms with Crippen LogP contribution in [0.2, 0.25) is 5.02 Å². The molecule has 37 heavy (non-hydrogen) atoms. The van der Waals surface area contributed by atoms with Crippen molar-refractivity contribution in [1.82, 2.24) is 19.1 Å². The Labute approximate surface area is 220 Å². The normalized spacial score (nSPS) is 11.5. The van der Waals surface area contributed by atoms with Gasteiger partial charge in [0, 0.05) is 6.20 Å². The van der Waals surface area contributed by atoms with E-state index in [1.807, 2.05) is 93.1 Å². The number of nitrogens with zero attached hydrogens (tertiary/aromatic N) is 4. The van der Waals surface area contributed by atoms with Crippen molar-refractivity contribution < 1.29 is 4.74 Å². The SMILES string of the molecule is COc1cc(/C=C/c2nc3cc(C)cc(Cl)c3c(=O)n2-c2c(C)cccc2C)ccc1-n1cnc(C)c1. The van der Waals surface area contributed by atoms with Crippen molar-refractivity contribution in [2.24, 2.45) is 0 Å². The first-order chi connectivity index (χ1) is 17.8. The fraction of sp³-hybridized carbons (Fsp3) is 0.167. The molecule has 0 radical (unpaired) electrons. The topological polar surface area (TPSA) is 61.9 Å². The second-order valence-electron chi connectivity index (χ2n) is 9.18. The Morgan fingerprint density at radius 2 is 1.73 bits per heavy atom. The zero-order valence-corrected chi connectivity index (χ0v) is 22.2. The number of methoxy groups -OCH3 is 1. The van der Waals surface area contributed by atoms with E-state index in [9.17, 15) is 4.79 Å². The first-order valence-electron chi connectivity index (χ1n) is 11.9. The van der Waals surface area contributed by atoms with E-state index >= 15 is 0 Å². The van der Waals surface area contributed by atoms with Crippen LogP contribution in [0.5, 0.6) is 5.75 Å². The molecule has 0 unspecified atom stereocenters. The maximum atomic E-state index is 13.9. The number of rotatable bonds is 5. The Morgan fingerprint density at radius 1 is 0.973 bits per heavy atom. The minimum absolute atomic E-state index is 0.199. The minimum Gasteiger partial charge on any atom is -0.495 e. The zero-order chi connectivity index (χ0) is 26.3. The van der Waals surface area contributed by atoms with Crippen LogP contribution >= 0.6 is 11.6 Å². The first kappa shape index (κ1) is 24.5. The summed E-state index contributed by atoms with van der Waals surface area (Å²) in [5, 5.41) is 0.812. The number of para-hydroxylation sites is 1. The van der Waals surface area contributed by atoms with Gasteiger partial charge in [0.1, 0.15) is 11.6 Å². The first-order valence-corrected chi connectivity index (χ1v) is 12.3. The molecule has 0 atom stereocenters. The number of hydrogen-bond donors (Lipinski definition) is 0. The van der Waals surface area contributed by atoms with Crippen LogP contribution < -0.4 is 10.3 Å². The van der Waals surface area contributed by atoms with Gasteiger partial charge in [0.05, 0.1) is 46.4 Å². The summed E-state index contributed by atoms with van der Waals surface area (Å²) in [6.07, 6.45) is 7.50. The highest BCUT2D eigenvalue weighted by Gasteiger charge is 2.17. The predicted molar refractivity (Wildman–Crippen MR) is 150 cm³/mol. The van der Waals surface area contributed by atoms with E-state index in [2.05, 4.69) is 4.98 Å². The molecule has 0 bridgehead atoms. The van der Waals surface area contributed by atoms with E-state index in [4.69, 9.17) is 21.3 Å². The van der Waals surface area contributed by atoms with Gasteiger partial charge >= 0.3 is 0 Å². The Morgan fingerprint density at radius 3 is 2.41 bits per heavy atom. The molecule has 0 fully saturated rings. The molecule has 186 valence electrons. The zero-order valence-electron chi connectivity index (χ0n) is 21.4. The Bertz CT molecular complexity index is 1730. The van der Waals surface area contributed by atoms with Gasteiger partial charge in [0.2, 0.25) is 0 Å². The summed E-state index contributed by atoms with van der Waals surface area (Å²) in [6, 6.07) is 15.6. The van der Waals surface area contributed by atoms with Crippen LogP contribution in [0.25, 0.3) is 34.4 Å². The van der Waals surface area contributed by atoms with Gasteiger partial charge in [0.25, 0.3) is 5.56 Å². The molecule has 0 amide bonds. The van der Waals surface area contributed by atoms with Gasteiger partial charge in [-0.3, -0.25) is 9.36 Å². The lowest BCUT2D eigenvalue weighted by Crippen LogP contribution is -2.24. The predicted octanol–water partition coefficient (Wildman–Crippen LogP) is 6.64. The van der Waals surface area contributed by atoms with Crippen LogP contribution in [0.4, 0.5) is 0 Å². The molecule has 7 heteroatoms. The van der Waals surface area contributed by atoms with Gasteiger partial charge < -0.3 is 9.30 Å². The van der Waals surface area contributed by atoms with E-state index in [-0.39, 0.29) is 5.56 Å². The van der Waals surface area contributed by atoms with Gasteiger partial charge in [-0.05, 0) is 80.3 Å². The fourth-order valence-corrected chi connectivity index (χ4v) is 4.98. The minimum atomic E-state index is -0.199. The average molecular weight is 511 g/mol. The van der Waals surface area contributed by atoms with E-state index in [0.717, 1.165) is 39.3 Å². The molecule has 0 saturated heterocycles. The molecule has 0 spiro atoms. The lowest BCUT2D eigenvalue weighted by Gasteiger charge is -2.17. The van der Waals surface area contributed by atoms with Crippen LogP contribution in [0.1, 0.15) is 33.8 Å². The van der Waals surface area contributed by atoms with Crippen LogP contribution in [0.3, 0.4) is 0 Å². The second-order valence-corrected chi connectivity index (χ2v) is 9.59. The Balaban J connectivity index is 1.69. The van der Waals surface area contributed by atoms with Crippen LogP contribution in [0.15, 0.2) is 65.8 Å². The number of aryl methyl sites for hydroxylation is 4. The third-order valence-corrected chi connectivity index (χ3v) is 6.67. The van der Waals surface area contributed by atoms with Crippen LogP contribution in [-0.2, 0) is 0 Å². The molecular formula is C30H27ClN4O2. The summed E-state index contributed by atoms with van der Waals surface area (Å²) in [7, 11) is 1.64. The van der Waals surface area contributed by atoms with Gasteiger partial charge in [-0.1, -0.05) is 41.9 Å². The maximum absolute atomic E-state index is 13.9. The van der Waals surface area contributed by atoms with Crippen molar-refractivity contribution in [3.63, 3.8) is 0 Å². The van der Waals surface area contributed by atoms with E-state index < -0.39 is 0 Å². The molecule has 5 aromatic rings. The maximum Gasteiger partial charge on any atom is 0.267 e. The monoisotopic (exact) mass is 510 g/mol. The lowest BCUT2D eigenvalue weighted by atomic mass is 10.1. The molecule has 0 aliphatic carbocycles. The second kappa shape index (κ2) is 9.71. The molecule has 2 heterocycles. The van der Waals surface area contributed by atoms with Crippen molar-refractivity contribution in [3.8, 4) is 17.1 Å². The quantitative estimate of drug-likeness (QED) is 0.266. The highest BCUT2D eigenvalue weighted by molar-refractivity contribution is 6.35. The van der Waals surface area contributed by atoms with E-state index in [1.54, 1.807) is 24.1 Å². The number of benzene rings is 3. The van der Waals surface area contributed by atoms with Crippen molar-refractivity contribution in [1.29, 1.82) is 0 Å². The highest BCUT2D eigenvalue weighted by Crippen LogP contribution is 2.28. The van der Waals surface area contributed by atoms with Gasteiger partial charge in [0.15, 0.2) is 0 Å². The molecule has 3 aromatic carbocycles. The smallest absolute Gasteiger partial charge is 0.267 e. The van der Waals surface area contributed by atoms with Gasteiger partial charge in [-0.2, -0.15) is 0 Å². The molecule has 6 nitrogen and oxygen atoms in total.